The number of carbonyl (C=O) groups excluding carboxylic acids is 3. The number of carbonyl (C=O) groups is 3. The Morgan fingerprint density at radius 1 is 1.03 bits per heavy atom. The first kappa shape index (κ1) is 23.4. The van der Waals surface area contributed by atoms with Crippen molar-refractivity contribution in [1.82, 2.24) is 10.6 Å². The van der Waals surface area contributed by atoms with E-state index in [1.807, 2.05) is 24.3 Å². The Kier molecular flexibility index (Phi) is 7.99. The molecule has 0 saturated carbocycles. The SMILES string of the molecule is CC(NC(=O)COC(=O)CNC(=O)c1ccc(C(F)(F)F)cc1)c1ccc(Br)cc1. The van der Waals surface area contributed by atoms with Gasteiger partial charge in [-0.05, 0) is 48.9 Å². The van der Waals surface area contributed by atoms with E-state index in [9.17, 15) is 27.6 Å². The number of esters is 1. The Bertz CT molecular complexity index is 900. The van der Waals surface area contributed by atoms with E-state index in [0.717, 1.165) is 34.3 Å². The smallest absolute Gasteiger partial charge is 0.416 e. The van der Waals surface area contributed by atoms with Crippen LogP contribution in [0.4, 0.5) is 13.2 Å². The summed E-state index contributed by atoms with van der Waals surface area (Å²) in [6.45, 7) is 0.707. The first-order valence-corrected chi connectivity index (χ1v) is 9.51. The molecule has 2 amide bonds. The standard InChI is InChI=1S/C20H18BrF3N2O4/c1-12(13-4-8-16(21)9-5-13)26-17(27)11-30-18(28)10-25-19(29)14-2-6-15(7-3-14)20(22,23)24/h2-9,12H,10-11H2,1H3,(H,25,29)(H,26,27). The van der Waals surface area contributed by atoms with Crippen molar-refractivity contribution < 1.29 is 32.3 Å². The summed E-state index contributed by atoms with van der Waals surface area (Å²) < 4.78 is 43.2. The van der Waals surface area contributed by atoms with Crippen molar-refractivity contribution in [1.29, 1.82) is 0 Å². The zero-order chi connectivity index (χ0) is 22.3. The highest BCUT2D eigenvalue weighted by Crippen LogP contribution is 2.29. The first-order valence-electron chi connectivity index (χ1n) is 8.72. The lowest BCUT2D eigenvalue weighted by Crippen LogP contribution is -2.34. The largest absolute Gasteiger partial charge is 0.454 e. The molecule has 0 bridgehead atoms. The van der Waals surface area contributed by atoms with E-state index < -0.39 is 42.7 Å². The number of ether oxygens (including phenoxy) is 1. The Morgan fingerprint density at radius 3 is 2.20 bits per heavy atom. The summed E-state index contributed by atoms with van der Waals surface area (Å²) in [5.41, 5.74) is -0.0691. The summed E-state index contributed by atoms with van der Waals surface area (Å²) >= 11 is 3.32. The fraction of sp³-hybridized carbons (Fsp3) is 0.250. The molecule has 30 heavy (non-hydrogen) atoms. The molecule has 0 spiro atoms. The second-order valence-corrected chi connectivity index (χ2v) is 7.17. The van der Waals surface area contributed by atoms with E-state index in [4.69, 9.17) is 4.74 Å². The van der Waals surface area contributed by atoms with Crippen LogP contribution >= 0.6 is 15.9 Å². The van der Waals surface area contributed by atoms with E-state index in [1.54, 1.807) is 6.92 Å². The number of benzene rings is 2. The second-order valence-electron chi connectivity index (χ2n) is 6.26. The summed E-state index contributed by atoms with van der Waals surface area (Å²) in [7, 11) is 0. The molecular formula is C20H18BrF3N2O4. The molecule has 10 heteroatoms. The van der Waals surface area contributed by atoms with E-state index in [0.29, 0.717) is 0 Å². The summed E-state index contributed by atoms with van der Waals surface area (Å²) in [4.78, 5) is 35.5. The van der Waals surface area contributed by atoms with Gasteiger partial charge in [-0.3, -0.25) is 14.4 Å². The van der Waals surface area contributed by atoms with Crippen molar-refractivity contribution in [3.8, 4) is 0 Å². The van der Waals surface area contributed by atoms with E-state index in [1.165, 1.54) is 0 Å². The Labute approximate surface area is 178 Å². The lowest BCUT2D eigenvalue weighted by atomic mass is 10.1. The molecule has 0 radical (unpaired) electrons. The molecule has 2 aromatic carbocycles. The third-order valence-electron chi connectivity index (χ3n) is 3.98. The quantitative estimate of drug-likeness (QED) is 0.585. The molecule has 1 atom stereocenters. The van der Waals surface area contributed by atoms with Crippen LogP contribution in [0.15, 0.2) is 53.0 Å². The van der Waals surface area contributed by atoms with Gasteiger partial charge in [0, 0.05) is 10.0 Å². The zero-order valence-corrected chi connectivity index (χ0v) is 17.3. The van der Waals surface area contributed by atoms with Crippen LogP contribution in [-0.4, -0.2) is 30.9 Å². The maximum atomic E-state index is 12.5. The van der Waals surface area contributed by atoms with E-state index in [2.05, 4.69) is 26.6 Å². The normalized spacial score (nSPS) is 12.0. The van der Waals surface area contributed by atoms with Gasteiger partial charge in [-0.15, -0.1) is 0 Å². The summed E-state index contributed by atoms with van der Waals surface area (Å²) in [6, 6.07) is 10.6. The minimum absolute atomic E-state index is 0.0446. The lowest BCUT2D eigenvalue weighted by Gasteiger charge is -2.14. The van der Waals surface area contributed by atoms with Gasteiger partial charge in [0.05, 0.1) is 11.6 Å². The molecule has 160 valence electrons. The molecular weight excluding hydrogens is 469 g/mol. The molecule has 0 aliphatic rings. The van der Waals surface area contributed by atoms with Gasteiger partial charge in [-0.1, -0.05) is 28.1 Å². The number of nitrogens with one attached hydrogen (secondary N) is 2. The van der Waals surface area contributed by atoms with Gasteiger partial charge < -0.3 is 15.4 Å². The van der Waals surface area contributed by atoms with Crippen LogP contribution in [-0.2, 0) is 20.5 Å². The van der Waals surface area contributed by atoms with Gasteiger partial charge in [0.15, 0.2) is 6.61 Å². The van der Waals surface area contributed by atoms with Crippen molar-refractivity contribution in [3.05, 3.63) is 69.7 Å². The van der Waals surface area contributed by atoms with Crippen LogP contribution in [0.3, 0.4) is 0 Å². The topological polar surface area (TPSA) is 84.5 Å². The molecule has 0 saturated heterocycles. The maximum absolute atomic E-state index is 12.5. The van der Waals surface area contributed by atoms with Gasteiger partial charge in [-0.2, -0.15) is 13.2 Å². The highest BCUT2D eigenvalue weighted by molar-refractivity contribution is 9.10. The fourth-order valence-electron chi connectivity index (χ4n) is 2.38. The molecule has 6 nitrogen and oxygen atoms in total. The maximum Gasteiger partial charge on any atom is 0.416 e. The van der Waals surface area contributed by atoms with Gasteiger partial charge in [0.2, 0.25) is 0 Å². The molecule has 0 aliphatic carbocycles. The van der Waals surface area contributed by atoms with Crippen molar-refractivity contribution in [2.24, 2.45) is 0 Å². The number of rotatable bonds is 7. The van der Waals surface area contributed by atoms with Gasteiger partial charge in [-0.25, -0.2) is 0 Å². The number of amides is 2. The Hall–Kier alpha value is -2.88. The van der Waals surface area contributed by atoms with Crippen molar-refractivity contribution in [2.75, 3.05) is 13.2 Å². The second kappa shape index (κ2) is 10.2. The predicted octanol–water partition coefficient (Wildman–Crippen LogP) is 3.62. The third-order valence-corrected chi connectivity index (χ3v) is 4.51. The van der Waals surface area contributed by atoms with Crippen LogP contribution in [0.25, 0.3) is 0 Å². The lowest BCUT2D eigenvalue weighted by molar-refractivity contribution is -0.147. The predicted molar refractivity (Wildman–Crippen MR) is 105 cm³/mol. The van der Waals surface area contributed by atoms with Gasteiger partial charge >= 0.3 is 12.1 Å². The van der Waals surface area contributed by atoms with E-state index >= 15 is 0 Å². The first-order chi connectivity index (χ1) is 14.1. The van der Waals surface area contributed by atoms with Crippen LogP contribution in [0.5, 0.6) is 0 Å². The summed E-state index contributed by atoms with van der Waals surface area (Å²) in [6.07, 6.45) is -4.51. The van der Waals surface area contributed by atoms with Crippen LogP contribution < -0.4 is 10.6 Å². The molecule has 2 N–H and O–H groups in total. The number of halogens is 4. The Balaban J connectivity index is 1.74. The van der Waals surface area contributed by atoms with Gasteiger partial charge in [0.1, 0.15) is 6.54 Å². The molecule has 2 rings (SSSR count). The summed E-state index contributed by atoms with van der Waals surface area (Å²) in [5, 5.41) is 4.89. The van der Waals surface area contributed by atoms with Crippen LogP contribution in [0.1, 0.15) is 34.5 Å². The molecule has 2 aromatic rings. The number of hydrogen-bond acceptors (Lipinski definition) is 4. The molecule has 1 unspecified atom stereocenters. The highest BCUT2D eigenvalue weighted by atomic mass is 79.9. The number of alkyl halides is 3. The van der Waals surface area contributed by atoms with Gasteiger partial charge in [0.25, 0.3) is 11.8 Å². The average molecular weight is 487 g/mol. The number of hydrogen-bond donors (Lipinski definition) is 2. The minimum atomic E-state index is -4.51. The molecule has 0 aromatic heterocycles. The van der Waals surface area contributed by atoms with E-state index in [-0.39, 0.29) is 11.6 Å². The van der Waals surface area contributed by atoms with Crippen LogP contribution in [0, 0.1) is 0 Å². The Morgan fingerprint density at radius 2 is 1.63 bits per heavy atom. The van der Waals surface area contributed by atoms with Crippen molar-refractivity contribution in [2.45, 2.75) is 19.1 Å². The minimum Gasteiger partial charge on any atom is -0.454 e. The molecule has 0 heterocycles. The summed E-state index contributed by atoms with van der Waals surface area (Å²) in [5.74, 6) is -2.12. The molecule has 0 fully saturated rings. The average Bonchev–Trinajstić information content (AvgIpc) is 2.70. The molecule has 0 aliphatic heterocycles. The van der Waals surface area contributed by atoms with Crippen molar-refractivity contribution in [3.63, 3.8) is 0 Å². The fourth-order valence-corrected chi connectivity index (χ4v) is 2.64. The third kappa shape index (κ3) is 7.18. The highest BCUT2D eigenvalue weighted by Gasteiger charge is 2.30. The van der Waals surface area contributed by atoms with Crippen molar-refractivity contribution >= 4 is 33.7 Å². The monoisotopic (exact) mass is 486 g/mol. The van der Waals surface area contributed by atoms with Crippen LogP contribution in [0.2, 0.25) is 0 Å². The zero-order valence-electron chi connectivity index (χ0n) is 15.8.